The Balaban J connectivity index is 1.83. The van der Waals surface area contributed by atoms with Gasteiger partial charge in [-0.15, -0.1) is 0 Å². The molecule has 10 heteroatoms. The highest BCUT2D eigenvalue weighted by Crippen LogP contribution is 2.32. The van der Waals surface area contributed by atoms with Crippen molar-refractivity contribution in [1.82, 2.24) is 5.43 Å². The normalized spacial score (nSPS) is 11.3. The van der Waals surface area contributed by atoms with E-state index < -0.39 is 22.5 Å². The first-order valence-corrected chi connectivity index (χ1v) is 12.5. The molecule has 3 aromatic carbocycles. The zero-order valence-corrected chi connectivity index (χ0v) is 21.4. The molecule has 0 fully saturated rings. The number of benzene rings is 3. The van der Waals surface area contributed by atoms with E-state index in [1.54, 1.807) is 42.5 Å². The molecular weight excluding hydrogens is 520 g/mol. The van der Waals surface area contributed by atoms with E-state index >= 15 is 0 Å². The molecule has 0 atom stereocenters. The number of sulfonamides is 1. The van der Waals surface area contributed by atoms with Gasteiger partial charge in [-0.2, -0.15) is 5.10 Å². The first-order chi connectivity index (χ1) is 16.2. The van der Waals surface area contributed by atoms with Gasteiger partial charge in [-0.05, 0) is 57.9 Å². The van der Waals surface area contributed by atoms with Gasteiger partial charge >= 0.3 is 0 Å². The van der Waals surface area contributed by atoms with Crippen molar-refractivity contribution in [2.24, 2.45) is 5.10 Å². The number of carbonyl (C=O) groups is 1. The number of carbonyl (C=O) groups excluding carboxylic acids is 1. The molecule has 3 aromatic rings. The lowest BCUT2D eigenvalue weighted by molar-refractivity contribution is -0.119. The second-order valence-electron chi connectivity index (χ2n) is 7.40. The van der Waals surface area contributed by atoms with Gasteiger partial charge in [0.15, 0.2) is 0 Å². The number of hydrogen-bond donors (Lipinski definition) is 1. The number of nitrogens with zero attached hydrogens (tertiary/aromatic N) is 3. The van der Waals surface area contributed by atoms with Gasteiger partial charge in [0.2, 0.25) is 0 Å². The maximum atomic E-state index is 13.4. The molecule has 0 spiro atoms. The summed E-state index contributed by atoms with van der Waals surface area (Å²) in [6.45, 7) is -0.488. The van der Waals surface area contributed by atoms with Crippen molar-refractivity contribution >= 4 is 49.4 Å². The average Bonchev–Trinajstić information content (AvgIpc) is 2.83. The number of methoxy groups -OCH3 is 1. The van der Waals surface area contributed by atoms with Crippen molar-refractivity contribution < 1.29 is 17.9 Å². The fourth-order valence-electron chi connectivity index (χ4n) is 3.17. The van der Waals surface area contributed by atoms with E-state index in [9.17, 15) is 13.2 Å². The predicted molar refractivity (Wildman–Crippen MR) is 138 cm³/mol. The third-order valence-electron chi connectivity index (χ3n) is 4.83. The van der Waals surface area contributed by atoms with E-state index in [-0.39, 0.29) is 10.6 Å². The summed E-state index contributed by atoms with van der Waals surface area (Å²) in [5.41, 5.74) is 4.41. The molecule has 0 aliphatic heterocycles. The highest BCUT2D eigenvalue weighted by atomic mass is 79.9. The van der Waals surface area contributed by atoms with Crippen LogP contribution in [0.1, 0.15) is 5.56 Å². The summed E-state index contributed by atoms with van der Waals surface area (Å²) in [6, 6.07) is 20.2. The summed E-state index contributed by atoms with van der Waals surface area (Å²) in [4.78, 5) is 14.7. The minimum atomic E-state index is -4.05. The number of anilines is 2. The van der Waals surface area contributed by atoms with Crippen molar-refractivity contribution in [3.63, 3.8) is 0 Å². The molecule has 0 bridgehead atoms. The summed E-state index contributed by atoms with van der Waals surface area (Å²) in [6.07, 6.45) is 1.49. The van der Waals surface area contributed by atoms with Gasteiger partial charge < -0.3 is 9.64 Å². The minimum absolute atomic E-state index is 0.0584. The molecule has 0 radical (unpaired) electrons. The number of hydrogen-bond acceptors (Lipinski definition) is 6. The van der Waals surface area contributed by atoms with Crippen LogP contribution < -0.4 is 19.4 Å². The minimum Gasteiger partial charge on any atom is -0.495 e. The molecule has 0 aliphatic carbocycles. The van der Waals surface area contributed by atoms with E-state index in [2.05, 4.69) is 26.5 Å². The largest absolute Gasteiger partial charge is 0.495 e. The van der Waals surface area contributed by atoms with Crippen molar-refractivity contribution in [2.75, 3.05) is 37.0 Å². The predicted octanol–water partition coefficient (Wildman–Crippen LogP) is 3.87. The molecule has 1 N–H and O–H groups in total. The van der Waals surface area contributed by atoms with Gasteiger partial charge in [-0.1, -0.05) is 36.4 Å². The molecule has 0 heterocycles. The van der Waals surface area contributed by atoms with Gasteiger partial charge in [-0.3, -0.25) is 9.10 Å². The maximum Gasteiger partial charge on any atom is 0.264 e. The Labute approximate surface area is 208 Å². The topological polar surface area (TPSA) is 91.3 Å². The number of nitrogens with one attached hydrogen (secondary N) is 1. The first kappa shape index (κ1) is 25.3. The van der Waals surface area contributed by atoms with Gasteiger partial charge in [0.05, 0.1) is 29.6 Å². The quantitative estimate of drug-likeness (QED) is 0.326. The Morgan fingerprint density at radius 3 is 2.35 bits per heavy atom. The number of halogens is 1. The highest BCUT2D eigenvalue weighted by molar-refractivity contribution is 9.10. The van der Waals surface area contributed by atoms with Crippen molar-refractivity contribution in [3.8, 4) is 5.75 Å². The summed E-state index contributed by atoms with van der Waals surface area (Å²) in [5.74, 6) is -0.283. The molecule has 0 aromatic heterocycles. The van der Waals surface area contributed by atoms with Crippen LogP contribution in [0, 0.1) is 0 Å². The molecular formula is C24H25BrN4O4S. The molecule has 3 rings (SSSR count). The van der Waals surface area contributed by atoms with Gasteiger partial charge in [-0.25, -0.2) is 13.8 Å². The van der Waals surface area contributed by atoms with Gasteiger partial charge in [0, 0.05) is 18.6 Å². The molecule has 0 aliphatic rings. The van der Waals surface area contributed by atoms with Crippen LogP contribution >= 0.6 is 15.9 Å². The smallest absolute Gasteiger partial charge is 0.264 e. The second kappa shape index (κ2) is 11.2. The Kier molecular flexibility index (Phi) is 8.30. The molecule has 178 valence electrons. The first-order valence-electron chi connectivity index (χ1n) is 10.2. The Hall–Kier alpha value is -3.37. The van der Waals surface area contributed by atoms with Crippen LogP contribution in [0.3, 0.4) is 0 Å². The molecule has 0 unspecified atom stereocenters. The Morgan fingerprint density at radius 1 is 1.03 bits per heavy atom. The number of para-hydroxylation sites is 2. The monoisotopic (exact) mass is 544 g/mol. The van der Waals surface area contributed by atoms with E-state index in [0.717, 1.165) is 20.0 Å². The molecule has 1 amide bonds. The van der Waals surface area contributed by atoms with Gasteiger partial charge in [0.1, 0.15) is 12.3 Å². The second-order valence-corrected chi connectivity index (χ2v) is 10.1. The van der Waals surface area contributed by atoms with Crippen LogP contribution in [0.5, 0.6) is 5.75 Å². The van der Waals surface area contributed by atoms with Crippen molar-refractivity contribution in [1.29, 1.82) is 0 Å². The molecule has 34 heavy (non-hydrogen) atoms. The van der Waals surface area contributed by atoms with Gasteiger partial charge in [0.25, 0.3) is 15.9 Å². The number of ether oxygens (including phenoxy) is 1. The molecule has 8 nitrogen and oxygen atoms in total. The Bertz CT molecular complexity index is 1280. The van der Waals surface area contributed by atoms with Crippen LogP contribution in [-0.4, -0.2) is 48.3 Å². The van der Waals surface area contributed by atoms with Crippen LogP contribution in [0.25, 0.3) is 0 Å². The zero-order valence-electron chi connectivity index (χ0n) is 19.0. The van der Waals surface area contributed by atoms with E-state index in [4.69, 9.17) is 4.74 Å². The lowest BCUT2D eigenvalue weighted by Crippen LogP contribution is -2.39. The van der Waals surface area contributed by atoms with Crippen LogP contribution in [-0.2, 0) is 14.8 Å². The third kappa shape index (κ3) is 5.95. The lowest BCUT2D eigenvalue weighted by Gasteiger charge is -2.25. The standard InChI is InChI=1S/C24H25BrN4O4S/c1-28(2)21-14-13-18(15-20(21)25)16-26-27-24(30)17-29(22-11-7-8-12-23(22)33-3)34(31,32)19-9-5-4-6-10-19/h4-16H,17H2,1-3H3,(H,27,30). The highest BCUT2D eigenvalue weighted by Gasteiger charge is 2.29. The van der Waals surface area contributed by atoms with Crippen LogP contribution in [0.15, 0.2) is 87.3 Å². The number of rotatable bonds is 9. The summed E-state index contributed by atoms with van der Waals surface area (Å²) in [7, 11) is 1.26. The van der Waals surface area contributed by atoms with E-state index in [0.29, 0.717) is 5.75 Å². The number of amides is 1. The van der Waals surface area contributed by atoms with Crippen molar-refractivity contribution in [2.45, 2.75) is 4.90 Å². The fourth-order valence-corrected chi connectivity index (χ4v) is 5.37. The zero-order chi connectivity index (χ0) is 24.7. The summed E-state index contributed by atoms with van der Waals surface area (Å²) >= 11 is 3.51. The Morgan fingerprint density at radius 2 is 1.71 bits per heavy atom. The summed E-state index contributed by atoms with van der Waals surface area (Å²) < 4.78 is 34.0. The van der Waals surface area contributed by atoms with Crippen molar-refractivity contribution in [3.05, 3.63) is 82.8 Å². The SMILES string of the molecule is COc1ccccc1N(CC(=O)NN=Cc1ccc(N(C)C)c(Br)c1)S(=O)(=O)c1ccccc1. The fraction of sp³-hybridized carbons (Fsp3) is 0.167. The van der Waals surface area contributed by atoms with Crippen LogP contribution in [0.4, 0.5) is 11.4 Å². The van der Waals surface area contributed by atoms with Crippen LogP contribution in [0.2, 0.25) is 0 Å². The summed E-state index contributed by atoms with van der Waals surface area (Å²) in [5, 5.41) is 3.99. The van der Waals surface area contributed by atoms with E-state index in [1.165, 1.54) is 25.5 Å². The molecule has 0 saturated heterocycles. The number of hydrazone groups is 1. The van der Waals surface area contributed by atoms with E-state index in [1.807, 2.05) is 37.2 Å². The maximum absolute atomic E-state index is 13.4. The lowest BCUT2D eigenvalue weighted by atomic mass is 10.2. The average molecular weight is 545 g/mol. The third-order valence-corrected chi connectivity index (χ3v) is 7.24. The molecule has 0 saturated carbocycles.